The molecule has 1 aromatic heterocycles. The Morgan fingerprint density at radius 3 is 2.75 bits per heavy atom. The molecule has 1 heterocycles. The molecule has 1 aromatic carbocycles. The van der Waals surface area contributed by atoms with Crippen molar-refractivity contribution in [3.63, 3.8) is 0 Å². The number of guanidine groups is 1. The molecule has 2 rings (SSSR count). The summed E-state index contributed by atoms with van der Waals surface area (Å²) in [6, 6.07) is 5.42. The quantitative estimate of drug-likeness (QED) is 0.463. The van der Waals surface area contributed by atoms with Gasteiger partial charge in [0.1, 0.15) is 5.52 Å². The van der Waals surface area contributed by atoms with Gasteiger partial charge in [0.05, 0.1) is 5.69 Å². The van der Waals surface area contributed by atoms with Gasteiger partial charge in [0.2, 0.25) is 0 Å². The zero-order valence-corrected chi connectivity index (χ0v) is 9.42. The van der Waals surface area contributed by atoms with Gasteiger partial charge < -0.3 is 11.5 Å². The van der Waals surface area contributed by atoms with Gasteiger partial charge in [-0.3, -0.25) is 0 Å². The predicted molar refractivity (Wildman–Crippen MR) is 63.3 cm³/mol. The smallest absolute Gasteiger partial charge is 0.323 e. The summed E-state index contributed by atoms with van der Waals surface area (Å²) < 4.78 is 0. The van der Waals surface area contributed by atoms with Crippen LogP contribution < -0.4 is 16.5 Å². The minimum atomic E-state index is 0.0627. The Morgan fingerprint density at radius 2 is 2.06 bits per heavy atom. The van der Waals surface area contributed by atoms with Crippen LogP contribution in [0, 0.1) is 6.92 Å². The van der Waals surface area contributed by atoms with Crippen molar-refractivity contribution in [1.82, 2.24) is 9.97 Å². The molecule has 0 aliphatic rings. The monoisotopic (exact) mass is 236 g/mol. The summed E-state index contributed by atoms with van der Waals surface area (Å²) in [5.41, 5.74) is 12.3. The minimum absolute atomic E-state index is 0.0627. The van der Waals surface area contributed by atoms with E-state index >= 15 is 0 Å². The van der Waals surface area contributed by atoms with Crippen LogP contribution in [0.4, 0.5) is 5.95 Å². The van der Waals surface area contributed by atoms with Gasteiger partial charge in [0, 0.05) is 10.4 Å². The Hall–Kier alpha value is -1.88. The van der Waals surface area contributed by atoms with E-state index in [9.17, 15) is 0 Å². The zero-order chi connectivity index (χ0) is 11.7. The lowest BCUT2D eigenvalue weighted by Crippen LogP contribution is -2.73. The average Bonchev–Trinajstić information content (AvgIpc) is 2.18. The van der Waals surface area contributed by atoms with Gasteiger partial charge in [-0.2, -0.15) is 0 Å². The standard InChI is InChI=1S/C10H10ClN5/c1-5-7-4-6(11)2-3-8(7)15-10(14-5)16-9(12)13/h2-4H,1H3,(H4,12,13,14,15,16)/p+1. The largest absolute Gasteiger partial charge is 0.354 e. The van der Waals surface area contributed by atoms with Crippen LogP contribution >= 0.6 is 11.6 Å². The fraction of sp³-hybridized carbons (Fsp3) is 0.100. The number of hydrogen-bond acceptors (Lipinski definition) is 2. The number of fused-ring (bicyclic) bond motifs is 1. The van der Waals surface area contributed by atoms with Gasteiger partial charge in [-0.25, -0.2) is 4.99 Å². The van der Waals surface area contributed by atoms with Crippen molar-refractivity contribution in [2.75, 3.05) is 0 Å². The van der Waals surface area contributed by atoms with E-state index in [4.69, 9.17) is 23.1 Å². The Kier molecular flexibility index (Phi) is 2.62. The van der Waals surface area contributed by atoms with Gasteiger partial charge in [0.25, 0.3) is 5.96 Å². The molecule has 0 amide bonds. The van der Waals surface area contributed by atoms with Gasteiger partial charge in [-0.05, 0) is 25.1 Å². The van der Waals surface area contributed by atoms with Crippen LogP contribution in [0.5, 0.6) is 0 Å². The van der Waals surface area contributed by atoms with E-state index in [0.29, 0.717) is 11.0 Å². The number of hydrogen-bond donors (Lipinski definition) is 3. The molecule has 5 N–H and O–H groups in total. The first-order valence-corrected chi connectivity index (χ1v) is 5.03. The second-order valence-electron chi connectivity index (χ2n) is 3.37. The third kappa shape index (κ3) is 2.04. The van der Waals surface area contributed by atoms with Crippen molar-refractivity contribution in [1.29, 1.82) is 0 Å². The molecule has 0 fully saturated rings. The van der Waals surface area contributed by atoms with Crippen LogP contribution in [0.2, 0.25) is 5.02 Å². The third-order valence-electron chi connectivity index (χ3n) is 2.10. The summed E-state index contributed by atoms with van der Waals surface area (Å²) >= 11 is 5.90. The van der Waals surface area contributed by atoms with Crippen molar-refractivity contribution in [2.45, 2.75) is 6.92 Å². The number of halogens is 1. The second kappa shape index (κ2) is 3.94. The first kappa shape index (κ1) is 10.6. The summed E-state index contributed by atoms with van der Waals surface area (Å²) in [6.07, 6.45) is 0. The van der Waals surface area contributed by atoms with E-state index in [1.54, 1.807) is 6.07 Å². The zero-order valence-electron chi connectivity index (χ0n) is 8.66. The molecule has 0 saturated heterocycles. The molecule has 0 radical (unpaired) electrons. The third-order valence-corrected chi connectivity index (χ3v) is 2.34. The predicted octanol–water partition coefficient (Wildman–Crippen LogP) is -0.423. The lowest BCUT2D eigenvalue weighted by molar-refractivity contribution is -0.366. The molecule has 0 atom stereocenters. The summed E-state index contributed by atoms with van der Waals surface area (Å²) in [5.74, 6) is 0.444. The molecule has 0 aliphatic carbocycles. The molecule has 0 spiro atoms. The number of aryl methyl sites for hydroxylation is 1. The van der Waals surface area contributed by atoms with Crippen LogP contribution in [0.1, 0.15) is 5.69 Å². The van der Waals surface area contributed by atoms with E-state index in [0.717, 1.165) is 16.6 Å². The number of nitrogens with two attached hydrogens (primary N) is 2. The van der Waals surface area contributed by atoms with Crippen molar-refractivity contribution < 1.29 is 4.99 Å². The molecule has 0 saturated carbocycles. The molecule has 16 heavy (non-hydrogen) atoms. The highest BCUT2D eigenvalue weighted by Gasteiger charge is 2.08. The summed E-state index contributed by atoms with van der Waals surface area (Å²) in [6.45, 7) is 1.87. The molecule has 6 heteroatoms. The summed E-state index contributed by atoms with van der Waals surface area (Å²) in [7, 11) is 0. The average molecular weight is 237 g/mol. The summed E-state index contributed by atoms with van der Waals surface area (Å²) in [5, 5.41) is 1.57. The second-order valence-corrected chi connectivity index (χ2v) is 3.81. The van der Waals surface area contributed by atoms with Gasteiger partial charge in [-0.1, -0.05) is 11.6 Å². The van der Waals surface area contributed by atoms with E-state index < -0.39 is 0 Å². The SMILES string of the molecule is Cc1nc([NH+]=C(N)N)nc2ccc(Cl)cc12. The molecule has 82 valence electrons. The van der Waals surface area contributed by atoms with Crippen molar-refractivity contribution in [3.05, 3.63) is 28.9 Å². The number of aromatic nitrogens is 2. The Morgan fingerprint density at radius 1 is 1.31 bits per heavy atom. The van der Waals surface area contributed by atoms with Crippen LogP contribution in [0.3, 0.4) is 0 Å². The van der Waals surface area contributed by atoms with Crippen molar-refractivity contribution >= 4 is 34.4 Å². The van der Waals surface area contributed by atoms with Crippen LogP contribution in [0.15, 0.2) is 18.2 Å². The molecule has 2 aromatic rings. The molecule has 5 nitrogen and oxygen atoms in total. The highest BCUT2D eigenvalue weighted by molar-refractivity contribution is 6.31. The number of nitrogens with one attached hydrogen (secondary N) is 1. The van der Waals surface area contributed by atoms with Crippen LogP contribution in [-0.4, -0.2) is 15.9 Å². The first-order chi connectivity index (χ1) is 7.56. The van der Waals surface area contributed by atoms with Crippen LogP contribution in [-0.2, 0) is 0 Å². The number of nitrogens with zero attached hydrogens (tertiary/aromatic N) is 2. The Balaban J connectivity index is 2.68. The van der Waals surface area contributed by atoms with Crippen molar-refractivity contribution in [3.8, 4) is 0 Å². The normalized spacial score (nSPS) is 10.4. The number of benzene rings is 1. The maximum Gasteiger partial charge on any atom is 0.354 e. The van der Waals surface area contributed by atoms with Gasteiger partial charge >= 0.3 is 5.95 Å². The lowest BCUT2D eigenvalue weighted by Gasteiger charge is -1.99. The van der Waals surface area contributed by atoms with E-state index in [1.807, 2.05) is 19.1 Å². The lowest BCUT2D eigenvalue weighted by atomic mass is 10.2. The van der Waals surface area contributed by atoms with E-state index in [2.05, 4.69) is 15.0 Å². The molecular weight excluding hydrogens is 226 g/mol. The fourth-order valence-electron chi connectivity index (χ4n) is 1.44. The highest BCUT2D eigenvalue weighted by Crippen LogP contribution is 2.20. The number of rotatable bonds is 1. The molecule has 0 aliphatic heterocycles. The topological polar surface area (TPSA) is 91.8 Å². The summed E-state index contributed by atoms with van der Waals surface area (Å²) in [4.78, 5) is 11.1. The van der Waals surface area contributed by atoms with Crippen molar-refractivity contribution in [2.24, 2.45) is 11.5 Å². The Bertz CT molecular complexity index is 575. The maximum atomic E-state index is 5.90. The van der Waals surface area contributed by atoms with E-state index in [-0.39, 0.29) is 5.96 Å². The van der Waals surface area contributed by atoms with Crippen LogP contribution in [0.25, 0.3) is 10.9 Å². The van der Waals surface area contributed by atoms with E-state index in [1.165, 1.54) is 0 Å². The molecule has 0 unspecified atom stereocenters. The first-order valence-electron chi connectivity index (χ1n) is 4.65. The molecular formula is C10H11ClN5+. The fourth-order valence-corrected chi connectivity index (χ4v) is 1.61. The van der Waals surface area contributed by atoms with Gasteiger partial charge in [-0.15, -0.1) is 9.97 Å². The van der Waals surface area contributed by atoms with Gasteiger partial charge in [0.15, 0.2) is 0 Å². The maximum absolute atomic E-state index is 5.90. The Labute approximate surface area is 97.2 Å². The minimum Gasteiger partial charge on any atom is -0.323 e. The molecule has 0 bridgehead atoms. The highest BCUT2D eigenvalue weighted by atomic mass is 35.5.